The topological polar surface area (TPSA) is 0 Å². The van der Waals surface area contributed by atoms with Crippen LogP contribution >= 0.6 is 0 Å². The van der Waals surface area contributed by atoms with E-state index in [9.17, 15) is 17.6 Å². The van der Waals surface area contributed by atoms with E-state index in [4.69, 9.17) is 0 Å². The van der Waals surface area contributed by atoms with Gasteiger partial charge in [-0.1, -0.05) is 146 Å². The Kier molecular flexibility index (Phi) is 11.2. The van der Waals surface area contributed by atoms with Gasteiger partial charge in [0.1, 0.15) is 23.3 Å². The first-order valence-corrected chi connectivity index (χ1v) is 18.9. The van der Waals surface area contributed by atoms with E-state index in [0.29, 0.717) is 0 Å². The SMILES string of the molecule is Fc1ccc(C(=Cc2ccc(/C=C\c3cc4ccccc4cc3/C=C\c3ccc(C=C(c4ccc(F)cc4)c4ccc(F)cc4)cc3)cc2)c2ccc(F)cc2)cc1. The van der Waals surface area contributed by atoms with E-state index in [1.165, 1.54) is 48.5 Å². The van der Waals surface area contributed by atoms with E-state index in [0.717, 1.165) is 77.6 Å². The Morgan fingerprint density at radius 3 is 0.862 bits per heavy atom. The molecule has 4 heteroatoms. The number of hydrogen-bond acceptors (Lipinski definition) is 0. The third kappa shape index (κ3) is 9.21. The monoisotopic (exact) mass is 760 g/mol. The molecule has 58 heavy (non-hydrogen) atoms. The number of benzene rings is 8. The average Bonchev–Trinajstić information content (AvgIpc) is 3.25. The summed E-state index contributed by atoms with van der Waals surface area (Å²) in [5, 5.41) is 2.28. The molecule has 0 amide bonds. The second kappa shape index (κ2) is 17.2. The summed E-state index contributed by atoms with van der Waals surface area (Å²) in [6.45, 7) is 0. The summed E-state index contributed by atoms with van der Waals surface area (Å²) < 4.78 is 55.0. The zero-order valence-electron chi connectivity index (χ0n) is 31.3. The van der Waals surface area contributed by atoms with Crippen molar-refractivity contribution >= 4 is 58.4 Å². The Bertz CT molecular complexity index is 2500. The van der Waals surface area contributed by atoms with Gasteiger partial charge in [-0.25, -0.2) is 17.6 Å². The molecule has 0 aliphatic rings. The molecule has 0 bridgehead atoms. The van der Waals surface area contributed by atoms with E-state index in [1.807, 2.05) is 48.6 Å². The molecule has 0 N–H and O–H groups in total. The molecule has 0 saturated carbocycles. The quantitative estimate of drug-likeness (QED) is 0.0962. The minimum absolute atomic E-state index is 0.315. The fourth-order valence-electron chi connectivity index (χ4n) is 6.86. The van der Waals surface area contributed by atoms with E-state index in [1.54, 1.807) is 48.5 Å². The lowest BCUT2D eigenvalue weighted by Crippen LogP contribution is -1.90. The zero-order chi connectivity index (χ0) is 39.8. The maximum absolute atomic E-state index is 13.8. The Hall–Kier alpha value is -7.30. The van der Waals surface area contributed by atoms with Gasteiger partial charge in [0.25, 0.3) is 0 Å². The van der Waals surface area contributed by atoms with Gasteiger partial charge in [-0.05, 0) is 150 Å². The lowest BCUT2D eigenvalue weighted by Gasteiger charge is -2.10. The van der Waals surface area contributed by atoms with E-state index < -0.39 is 0 Å². The number of halogens is 4. The molecule has 8 aromatic carbocycles. The van der Waals surface area contributed by atoms with Crippen LogP contribution < -0.4 is 0 Å². The van der Waals surface area contributed by atoms with Gasteiger partial charge in [0.05, 0.1) is 0 Å². The minimum Gasteiger partial charge on any atom is -0.207 e. The van der Waals surface area contributed by atoms with Crippen LogP contribution in [0.1, 0.15) is 55.6 Å². The predicted octanol–water partition coefficient (Wildman–Crippen LogP) is 14.9. The van der Waals surface area contributed by atoms with Crippen molar-refractivity contribution in [2.75, 3.05) is 0 Å². The highest BCUT2D eigenvalue weighted by Gasteiger charge is 2.09. The van der Waals surface area contributed by atoms with Crippen LogP contribution in [0.25, 0.3) is 58.4 Å². The molecule has 0 unspecified atom stereocenters. The molecule has 0 aromatic heterocycles. The Morgan fingerprint density at radius 1 is 0.293 bits per heavy atom. The smallest absolute Gasteiger partial charge is 0.123 e. The van der Waals surface area contributed by atoms with Gasteiger partial charge in [0.2, 0.25) is 0 Å². The second-order valence-electron chi connectivity index (χ2n) is 14.0. The van der Waals surface area contributed by atoms with Gasteiger partial charge in [-0.3, -0.25) is 0 Å². The Balaban J connectivity index is 1.05. The van der Waals surface area contributed by atoms with Crippen molar-refractivity contribution in [1.82, 2.24) is 0 Å². The van der Waals surface area contributed by atoms with Crippen LogP contribution in [0.5, 0.6) is 0 Å². The molecule has 8 aromatic rings. The van der Waals surface area contributed by atoms with Crippen LogP contribution in [0.3, 0.4) is 0 Å². The summed E-state index contributed by atoms with van der Waals surface area (Å²) in [6, 6.07) is 54.3. The van der Waals surface area contributed by atoms with Gasteiger partial charge in [-0.15, -0.1) is 0 Å². The molecule has 8 rings (SSSR count). The third-order valence-corrected chi connectivity index (χ3v) is 9.98. The molecular weight excluding hydrogens is 725 g/mol. The largest absolute Gasteiger partial charge is 0.207 e. The number of hydrogen-bond donors (Lipinski definition) is 0. The maximum atomic E-state index is 13.8. The van der Waals surface area contributed by atoms with Gasteiger partial charge in [0, 0.05) is 0 Å². The lowest BCUT2D eigenvalue weighted by atomic mass is 9.95. The average molecular weight is 761 g/mol. The van der Waals surface area contributed by atoms with Crippen LogP contribution in [0.4, 0.5) is 17.6 Å². The van der Waals surface area contributed by atoms with Crippen molar-refractivity contribution in [2.24, 2.45) is 0 Å². The number of rotatable bonds is 10. The zero-order valence-corrected chi connectivity index (χ0v) is 31.3. The fraction of sp³-hybridized carbons (Fsp3) is 0. The molecule has 0 spiro atoms. The van der Waals surface area contributed by atoms with Crippen LogP contribution in [0.2, 0.25) is 0 Å². The molecular formula is C54H36F4. The molecule has 0 radical (unpaired) electrons. The molecule has 0 heterocycles. The highest BCUT2D eigenvalue weighted by Crippen LogP contribution is 2.30. The van der Waals surface area contributed by atoms with Crippen molar-refractivity contribution in [3.05, 3.63) is 261 Å². The van der Waals surface area contributed by atoms with Crippen molar-refractivity contribution in [1.29, 1.82) is 0 Å². The first-order valence-electron chi connectivity index (χ1n) is 18.9. The fourth-order valence-corrected chi connectivity index (χ4v) is 6.86. The summed E-state index contributed by atoms with van der Waals surface area (Å²) in [5.41, 5.74) is 11.1. The highest BCUT2D eigenvalue weighted by molar-refractivity contribution is 5.94. The van der Waals surface area contributed by atoms with Crippen molar-refractivity contribution in [2.45, 2.75) is 0 Å². The summed E-state index contributed by atoms with van der Waals surface area (Å²) in [5.74, 6) is -1.26. The van der Waals surface area contributed by atoms with E-state index in [-0.39, 0.29) is 23.3 Å². The second-order valence-corrected chi connectivity index (χ2v) is 14.0. The lowest BCUT2D eigenvalue weighted by molar-refractivity contribution is 0.627. The summed E-state index contributed by atoms with van der Waals surface area (Å²) in [6.07, 6.45) is 12.5. The van der Waals surface area contributed by atoms with E-state index in [2.05, 4.69) is 72.8 Å². The van der Waals surface area contributed by atoms with Crippen LogP contribution in [0, 0.1) is 23.3 Å². The molecule has 0 aliphatic heterocycles. The minimum atomic E-state index is -0.315. The van der Waals surface area contributed by atoms with Crippen molar-refractivity contribution in [3.8, 4) is 0 Å². The van der Waals surface area contributed by atoms with Crippen LogP contribution in [-0.4, -0.2) is 0 Å². The van der Waals surface area contributed by atoms with Gasteiger partial charge in [-0.2, -0.15) is 0 Å². The third-order valence-electron chi connectivity index (χ3n) is 9.98. The highest BCUT2D eigenvalue weighted by atomic mass is 19.1. The standard InChI is InChI=1S/C54H36F4/c55-49-25-17-41(18-26-49)53(42-19-27-50(56)28-20-42)33-39-9-5-37(6-10-39)13-15-47-35-45-3-1-2-4-46(45)36-48(47)16-14-38-7-11-40(12-8-38)34-54(43-21-29-51(57)30-22-43)44-23-31-52(58)32-24-44/h1-36H/b15-13-,16-14-. The van der Waals surface area contributed by atoms with Gasteiger partial charge in [0.15, 0.2) is 0 Å². The Labute approximate surface area is 335 Å². The van der Waals surface area contributed by atoms with Gasteiger partial charge < -0.3 is 0 Å². The van der Waals surface area contributed by atoms with Gasteiger partial charge >= 0.3 is 0 Å². The first kappa shape index (κ1) is 37.6. The number of fused-ring (bicyclic) bond motifs is 1. The van der Waals surface area contributed by atoms with Crippen molar-refractivity contribution in [3.63, 3.8) is 0 Å². The van der Waals surface area contributed by atoms with Crippen LogP contribution in [-0.2, 0) is 0 Å². The molecule has 0 saturated heterocycles. The first-order chi connectivity index (χ1) is 28.3. The molecule has 0 atom stereocenters. The summed E-state index contributed by atoms with van der Waals surface area (Å²) in [4.78, 5) is 0. The summed E-state index contributed by atoms with van der Waals surface area (Å²) in [7, 11) is 0. The molecule has 280 valence electrons. The van der Waals surface area contributed by atoms with E-state index >= 15 is 0 Å². The molecule has 0 nitrogen and oxygen atoms in total. The predicted molar refractivity (Wildman–Crippen MR) is 234 cm³/mol. The molecule has 0 fully saturated rings. The summed E-state index contributed by atoms with van der Waals surface area (Å²) >= 11 is 0. The normalized spacial score (nSPS) is 11.3. The van der Waals surface area contributed by atoms with Crippen molar-refractivity contribution < 1.29 is 17.6 Å². The molecule has 0 aliphatic carbocycles. The Morgan fingerprint density at radius 2 is 0.569 bits per heavy atom. The maximum Gasteiger partial charge on any atom is 0.123 e. The van der Waals surface area contributed by atoms with Crippen LogP contribution in [0.15, 0.2) is 182 Å².